The maximum absolute atomic E-state index is 13.1. The minimum absolute atomic E-state index is 0.120. The molecule has 1 aromatic rings. The van der Waals surface area contributed by atoms with Crippen LogP contribution in [-0.4, -0.2) is 16.8 Å². The van der Waals surface area contributed by atoms with Crippen LogP contribution in [0.5, 0.6) is 0 Å². The number of halogens is 3. The summed E-state index contributed by atoms with van der Waals surface area (Å²) in [5.74, 6) is -0.889. The van der Waals surface area contributed by atoms with E-state index >= 15 is 0 Å². The molecule has 1 fully saturated rings. The molecule has 0 atom stereocenters. The molecule has 2 rings (SSSR count). The molecule has 0 saturated heterocycles. The predicted molar refractivity (Wildman–Crippen MR) is 64.6 cm³/mol. The summed E-state index contributed by atoms with van der Waals surface area (Å²) in [6.45, 7) is 0. The number of rotatable bonds is 3. The Kier molecular flexibility index (Phi) is 3.22. The van der Waals surface area contributed by atoms with Crippen molar-refractivity contribution in [3.63, 3.8) is 0 Å². The van der Waals surface area contributed by atoms with Gasteiger partial charge in [0.25, 0.3) is 5.91 Å². The molecule has 0 radical (unpaired) electrons. The van der Waals surface area contributed by atoms with E-state index in [2.05, 4.69) is 21.2 Å². The second-order valence-electron chi connectivity index (χ2n) is 3.97. The van der Waals surface area contributed by atoms with Crippen molar-refractivity contribution >= 4 is 33.4 Å². The molecule has 1 N–H and O–H groups in total. The maximum Gasteiger partial charge on any atom is 0.253 e. The second-order valence-corrected chi connectivity index (χ2v) is 4.91. The number of nitrogens with one attached hydrogen (secondary N) is 1. The van der Waals surface area contributed by atoms with Gasteiger partial charge in [-0.25, -0.2) is 4.39 Å². The summed E-state index contributed by atoms with van der Waals surface area (Å²) in [5, 5.41) is 3.45. The molecule has 1 aliphatic carbocycles. The lowest BCUT2D eigenvalue weighted by Gasteiger charge is -2.14. The summed E-state index contributed by atoms with van der Waals surface area (Å²) < 4.78 is 13.1. The Labute approximate surface area is 106 Å². The smallest absolute Gasteiger partial charge is 0.253 e. The minimum atomic E-state index is -0.571. The van der Waals surface area contributed by atoms with Crippen LogP contribution >= 0.6 is 27.5 Å². The van der Waals surface area contributed by atoms with Crippen molar-refractivity contribution in [3.8, 4) is 0 Å². The number of hydrogen-bond acceptors (Lipinski definition) is 1. The van der Waals surface area contributed by atoms with Gasteiger partial charge < -0.3 is 5.32 Å². The van der Waals surface area contributed by atoms with Crippen LogP contribution in [0.4, 0.5) is 4.39 Å². The van der Waals surface area contributed by atoms with Crippen LogP contribution in [0.2, 0.25) is 5.02 Å². The molecule has 0 heterocycles. The van der Waals surface area contributed by atoms with Crippen LogP contribution in [0.15, 0.2) is 18.2 Å². The van der Waals surface area contributed by atoms with Crippen LogP contribution in [0.25, 0.3) is 0 Å². The summed E-state index contributed by atoms with van der Waals surface area (Å²) >= 11 is 9.08. The summed E-state index contributed by atoms with van der Waals surface area (Å²) in [7, 11) is 0. The van der Waals surface area contributed by atoms with Gasteiger partial charge in [-0.1, -0.05) is 33.6 Å². The van der Waals surface area contributed by atoms with Crippen molar-refractivity contribution in [2.75, 3.05) is 5.33 Å². The minimum Gasteiger partial charge on any atom is -0.346 e. The molecular weight excluding hydrogens is 296 g/mol. The Morgan fingerprint density at radius 1 is 1.56 bits per heavy atom. The first kappa shape index (κ1) is 11.9. The van der Waals surface area contributed by atoms with E-state index < -0.39 is 5.82 Å². The number of benzene rings is 1. The van der Waals surface area contributed by atoms with Gasteiger partial charge in [-0.05, 0) is 25.0 Å². The number of carbonyl (C=O) groups excluding carboxylic acids is 1. The molecule has 5 heteroatoms. The standard InChI is InChI=1S/C11H10BrClFNO/c12-6-11(4-5-11)15-10(16)7-2-1-3-8(14)9(7)13/h1-3H,4-6H2,(H,15,16). The van der Waals surface area contributed by atoms with E-state index in [0.717, 1.165) is 12.8 Å². The average molecular weight is 307 g/mol. The van der Waals surface area contributed by atoms with Crippen LogP contribution in [0.1, 0.15) is 23.2 Å². The van der Waals surface area contributed by atoms with Crippen LogP contribution in [0, 0.1) is 5.82 Å². The second kappa shape index (κ2) is 4.34. The van der Waals surface area contributed by atoms with E-state index in [9.17, 15) is 9.18 Å². The van der Waals surface area contributed by atoms with E-state index in [1.807, 2.05) is 0 Å². The van der Waals surface area contributed by atoms with Crippen molar-refractivity contribution in [2.24, 2.45) is 0 Å². The van der Waals surface area contributed by atoms with Crippen LogP contribution < -0.4 is 5.32 Å². The number of amides is 1. The van der Waals surface area contributed by atoms with Crippen LogP contribution in [-0.2, 0) is 0 Å². The molecule has 2 nitrogen and oxygen atoms in total. The molecule has 1 aromatic carbocycles. The normalized spacial score (nSPS) is 16.9. The fourth-order valence-electron chi connectivity index (χ4n) is 1.43. The van der Waals surface area contributed by atoms with Gasteiger partial charge >= 0.3 is 0 Å². The zero-order valence-electron chi connectivity index (χ0n) is 8.40. The lowest BCUT2D eigenvalue weighted by atomic mass is 10.2. The molecule has 0 unspecified atom stereocenters. The molecular formula is C11H10BrClFNO. The largest absolute Gasteiger partial charge is 0.346 e. The van der Waals surface area contributed by atoms with Crippen molar-refractivity contribution in [1.29, 1.82) is 0 Å². The van der Waals surface area contributed by atoms with E-state index in [-0.39, 0.29) is 22.0 Å². The van der Waals surface area contributed by atoms with Gasteiger partial charge in [-0.2, -0.15) is 0 Å². The maximum atomic E-state index is 13.1. The topological polar surface area (TPSA) is 29.1 Å². The molecule has 0 aliphatic heterocycles. The Hall–Kier alpha value is -0.610. The quantitative estimate of drug-likeness (QED) is 0.854. The fraction of sp³-hybridized carbons (Fsp3) is 0.364. The summed E-state index contributed by atoms with van der Waals surface area (Å²) in [5.41, 5.74) is 0.0288. The lowest BCUT2D eigenvalue weighted by Crippen LogP contribution is -2.38. The molecule has 0 spiro atoms. The van der Waals surface area contributed by atoms with Crippen molar-refractivity contribution < 1.29 is 9.18 Å². The van der Waals surface area contributed by atoms with Gasteiger partial charge in [0.15, 0.2) is 0 Å². The molecule has 1 aliphatic rings. The van der Waals surface area contributed by atoms with E-state index in [1.54, 1.807) is 0 Å². The van der Waals surface area contributed by atoms with E-state index in [1.165, 1.54) is 18.2 Å². The monoisotopic (exact) mass is 305 g/mol. The van der Waals surface area contributed by atoms with Gasteiger partial charge in [-0.3, -0.25) is 4.79 Å². The third kappa shape index (κ3) is 2.23. The van der Waals surface area contributed by atoms with Gasteiger partial charge in [0.05, 0.1) is 16.1 Å². The van der Waals surface area contributed by atoms with Crippen molar-refractivity contribution in [3.05, 3.63) is 34.6 Å². The Balaban J connectivity index is 2.18. The Bertz CT molecular complexity index is 434. The Morgan fingerprint density at radius 3 is 2.81 bits per heavy atom. The molecule has 86 valence electrons. The Morgan fingerprint density at radius 2 is 2.25 bits per heavy atom. The third-order valence-corrected chi connectivity index (χ3v) is 4.14. The first-order valence-corrected chi connectivity index (χ1v) is 6.40. The number of carbonyl (C=O) groups is 1. The van der Waals surface area contributed by atoms with Gasteiger partial charge in [0.2, 0.25) is 0 Å². The molecule has 1 amide bonds. The average Bonchev–Trinajstić information content (AvgIpc) is 3.02. The number of hydrogen-bond donors (Lipinski definition) is 1. The van der Waals surface area contributed by atoms with E-state index in [0.29, 0.717) is 5.33 Å². The highest BCUT2D eigenvalue weighted by Gasteiger charge is 2.43. The highest BCUT2D eigenvalue weighted by Crippen LogP contribution is 2.37. The summed E-state index contributed by atoms with van der Waals surface area (Å²) in [6, 6.07) is 4.23. The highest BCUT2D eigenvalue weighted by molar-refractivity contribution is 9.09. The highest BCUT2D eigenvalue weighted by atomic mass is 79.9. The fourth-order valence-corrected chi connectivity index (χ4v) is 2.34. The predicted octanol–water partition coefficient (Wildman–Crippen LogP) is 3.14. The lowest BCUT2D eigenvalue weighted by molar-refractivity contribution is 0.0936. The zero-order chi connectivity index (χ0) is 11.8. The molecule has 16 heavy (non-hydrogen) atoms. The van der Waals surface area contributed by atoms with Gasteiger partial charge in [0, 0.05) is 5.33 Å². The number of alkyl halides is 1. The first-order chi connectivity index (χ1) is 7.58. The van der Waals surface area contributed by atoms with Gasteiger partial charge in [-0.15, -0.1) is 0 Å². The van der Waals surface area contributed by atoms with Crippen molar-refractivity contribution in [1.82, 2.24) is 5.32 Å². The molecule has 1 saturated carbocycles. The third-order valence-electron chi connectivity index (χ3n) is 2.68. The summed E-state index contributed by atoms with van der Waals surface area (Å²) in [4.78, 5) is 11.8. The zero-order valence-corrected chi connectivity index (χ0v) is 10.7. The molecule has 0 bridgehead atoms. The summed E-state index contributed by atoms with van der Waals surface area (Å²) in [6.07, 6.45) is 1.88. The molecule has 0 aromatic heterocycles. The van der Waals surface area contributed by atoms with Crippen LogP contribution in [0.3, 0.4) is 0 Å². The van der Waals surface area contributed by atoms with Gasteiger partial charge in [0.1, 0.15) is 5.82 Å². The SMILES string of the molecule is O=C(NC1(CBr)CC1)c1cccc(F)c1Cl. The van der Waals surface area contributed by atoms with E-state index in [4.69, 9.17) is 11.6 Å². The first-order valence-electron chi connectivity index (χ1n) is 4.90. The van der Waals surface area contributed by atoms with Crippen molar-refractivity contribution in [2.45, 2.75) is 18.4 Å².